The van der Waals surface area contributed by atoms with Gasteiger partial charge in [-0.15, -0.1) is 0 Å². The second-order valence-corrected chi connectivity index (χ2v) is 9.99. The van der Waals surface area contributed by atoms with Crippen LogP contribution >= 0.6 is 0 Å². The van der Waals surface area contributed by atoms with E-state index in [0.717, 1.165) is 24.8 Å². The van der Waals surface area contributed by atoms with E-state index in [4.69, 9.17) is 0 Å². The zero-order valence-electron chi connectivity index (χ0n) is 21.4. The van der Waals surface area contributed by atoms with Gasteiger partial charge in [0.25, 0.3) is 0 Å². The number of carboxylic acid groups (broad SMARTS) is 2. The number of amides is 2. The zero-order chi connectivity index (χ0) is 26.3. The Morgan fingerprint density at radius 1 is 0.806 bits per heavy atom. The highest BCUT2D eigenvalue weighted by Crippen LogP contribution is 2.34. The Hall–Kier alpha value is -2.90. The van der Waals surface area contributed by atoms with Gasteiger partial charge in [0.15, 0.2) is 0 Å². The van der Waals surface area contributed by atoms with E-state index in [9.17, 15) is 29.4 Å². The lowest BCUT2D eigenvalue weighted by atomic mass is 9.74. The van der Waals surface area contributed by atoms with E-state index < -0.39 is 41.6 Å². The number of carboxylic acids is 2. The molecule has 1 unspecified atom stereocenters. The van der Waals surface area contributed by atoms with Crippen LogP contribution < -0.4 is 10.6 Å². The second kappa shape index (κ2) is 16.0. The van der Waals surface area contributed by atoms with E-state index in [-0.39, 0.29) is 25.2 Å². The van der Waals surface area contributed by atoms with Crippen LogP contribution in [-0.4, -0.2) is 46.6 Å². The molecule has 1 fully saturated rings. The Balaban J connectivity index is 1.93. The number of aliphatic carboxylic acids is 2. The summed E-state index contributed by atoms with van der Waals surface area (Å²) in [6, 6.07) is 8.55. The third kappa shape index (κ3) is 10.4. The van der Waals surface area contributed by atoms with Gasteiger partial charge < -0.3 is 20.8 Å². The lowest BCUT2D eigenvalue weighted by Crippen LogP contribution is -2.51. The number of carbonyl (C=O) groups is 4. The Labute approximate surface area is 214 Å². The van der Waals surface area contributed by atoms with Crippen LogP contribution in [0.2, 0.25) is 0 Å². The summed E-state index contributed by atoms with van der Waals surface area (Å²) < 4.78 is 0. The van der Waals surface area contributed by atoms with Crippen molar-refractivity contribution in [1.82, 2.24) is 10.6 Å². The van der Waals surface area contributed by atoms with Crippen molar-refractivity contribution in [2.24, 2.45) is 17.8 Å². The third-order valence-electron chi connectivity index (χ3n) is 7.02. The molecular formula is C28H42N2O6. The number of rotatable bonds is 16. The topological polar surface area (TPSA) is 133 Å². The highest BCUT2D eigenvalue weighted by molar-refractivity contribution is 5.89. The zero-order valence-corrected chi connectivity index (χ0v) is 21.4. The van der Waals surface area contributed by atoms with Crippen LogP contribution in [0.1, 0.15) is 83.1 Å². The molecule has 2 amide bonds. The van der Waals surface area contributed by atoms with E-state index in [1.54, 1.807) is 0 Å². The van der Waals surface area contributed by atoms with E-state index in [0.29, 0.717) is 13.0 Å². The van der Waals surface area contributed by atoms with Gasteiger partial charge in [-0.2, -0.15) is 0 Å². The molecule has 1 aromatic carbocycles. The van der Waals surface area contributed by atoms with Gasteiger partial charge in [0, 0.05) is 18.9 Å². The third-order valence-corrected chi connectivity index (χ3v) is 7.02. The highest BCUT2D eigenvalue weighted by atomic mass is 16.4. The van der Waals surface area contributed by atoms with Crippen molar-refractivity contribution in [3.8, 4) is 0 Å². The van der Waals surface area contributed by atoms with Crippen molar-refractivity contribution >= 4 is 23.8 Å². The molecule has 0 aliphatic heterocycles. The van der Waals surface area contributed by atoms with Crippen LogP contribution in [0, 0.1) is 17.8 Å². The maximum atomic E-state index is 13.1. The van der Waals surface area contributed by atoms with Crippen molar-refractivity contribution < 1.29 is 29.4 Å². The van der Waals surface area contributed by atoms with Crippen molar-refractivity contribution in [1.29, 1.82) is 0 Å². The smallest absolute Gasteiger partial charge is 0.306 e. The van der Waals surface area contributed by atoms with Gasteiger partial charge in [0.2, 0.25) is 11.8 Å². The fraction of sp³-hybridized carbons (Fsp3) is 0.643. The maximum Gasteiger partial charge on any atom is 0.306 e. The van der Waals surface area contributed by atoms with Crippen LogP contribution in [0.15, 0.2) is 30.3 Å². The molecule has 0 radical (unpaired) electrons. The number of nitrogens with one attached hydrogen (secondary N) is 2. The number of hydrogen-bond acceptors (Lipinski definition) is 4. The number of unbranched alkanes of at least 4 members (excludes halogenated alkanes) is 7. The monoisotopic (exact) mass is 502 g/mol. The fourth-order valence-corrected chi connectivity index (χ4v) is 4.88. The molecule has 4 atom stereocenters. The molecular weight excluding hydrogens is 460 g/mol. The summed E-state index contributed by atoms with van der Waals surface area (Å²) in [4.78, 5) is 49.2. The van der Waals surface area contributed by atoms with Crippen LogP contribution in [-0.2, 0) is 25.6 Å². The van der Waals surface area contributed by atoms with Gasteiger partial charge in [0.05, 0.1) is 11.8 Å². The number of hydrogen-bond donors (Lipinski definition) is 4. The first-order valence-electron chi connectivity index (χ1n) is 13.4. The standard InChI is InChI=1S/C28H42N2O6/c1-2-3-4-5-6-7-8-12-15-29-26(32)24(16-20-13-10-9-11-14-20)30-25(31)21-17-22(27(33)34)19-23(18-21)28(35)36/h9-11,13-14,21-24H,2-8,12,15-19H2,1H3,(H,29,32)(H,30,31)(H,33,34)(H,35,36)/t21?,22-,23+,24-/m0/s1. The van der Waals surface area contributed by atoms with Crippen LogP contribution in [0.5, 0.6) is 0 Å². The first kappa shape index (κ1) is 29.3. The van der Waals surface area contributed by atoms with Gasteiger partial charge in [-0.3, -0.25) is 19.2 Å². The number of carbonyl (C=O) groups excluding carboxylic acids is 2. The quantitative estimate of drug-likeness (QED) is 0.251. The molecule has 4 N–H and O–H groups in total. The van der Waals surface area contributed by atoms with Crippen LogP contribution in [0.3, 0.4) is 0 Å². The predicted octanol–water partition coefficient (Wildman–Crippen LogP) is 4.17. The summed E-state index contributed by atoms with van der Waals surface area (Å²) >= 11 is 0. The SMILES string of the molecule is CCCCCCCCCCNC(=O)[C@H](Cc1ccccc1)NC(=O)C1C[C@@H](C(=O)O)C[C@@H](C(=O)O)C1. The molecule has 0 aromatic heterocycles. The molecule has 0 bridgehead atoms. The second-order valence-electron chi connectivity index (χ2n) is 9.99. The minimum Gasteiger partial charge on any atom is -0.481 e. The molecule has 36 heavy (non-hydrogen) atoms. The average Bonchev–Trinajstić information content (AvgIpc) is 2.87. The molecule has 0 spiro atoms. The normalized spacial score (nSPS) is 20.3. The first-order chi connectivity index (χ1) is 17.3. The molecule has 1 aliphatic rings. The first-order valence-corrected chi connectivity index (χ1v) is 13.4. The molecule has 1 aliphatic carbocycles. The van der Waals surface area contributed by atoms with Gasteiger partial charge in [-0.25, -0.2) is 0 Å². The Morgan fingerprint density at radius 2 is 1.33 bits per heavy atom. The molecule has 8 heteroatoms. The van der Waals surface area contributed by atoms with Crippen LogP contribution in [0.25, 0.3) is 0 Å². The van der Waals surface area contributed by atoms with Crippen molar-refractivity contribution in [3.05, 3.63) is 35.9 Å². The minimum atomic E-state index is -1.09. The van der Waals surface area contributed by atoms with Crippen LogP contribution in [0.4, 0.5) is 0 Å². The fourth-order valence-electron chi connectivity index (χ4n) is 4.88. The van der Waals surface area contributed by atoms with E-state index in [1.165, 1.54) is 32.1 Å². The van der Waals surface area contributed by atoms with E-state index >= 15 is 0 Å². The minimum absolute atomic E-state index is 0.0149. The summed E-state index contributed by atoms with van der Waals surface area (Å²) in [7, 11) is 0. The highest BCUT2D eigenvalue weighted by Gasteiger charge is 2.39. The average molecular weight is 503 g/mol. The largest absolute Gasteiger partial charge is 0.481 e. The summed E-state index contributed by atoms with van der Waals surface area (Å²) in [5, 5.41) is 24.6. The Kier molecular flexibility index (Phi) is 13.0. The molecule has 1 aromatic rings. The van der Waals surface area contributed by atoms with Crippen molar-refractivity contribution in [2.45, 2.75) is 90.0 Å². The van der Waals surface area contributed by atoms with Gasteiger partial charge >= 0.3 is 11.9 Å². The van der Waals surface area contributed by atoms with E-state index in [1.807, 2.05) is 30.3 Å². The molecule has 1 saturated carbocycles. The lowest BCUT2D eigenvalue weighted by molar-refractivity contribution is -0.150. The molecule has 2 rings (SSSR count). The van der Waals surface area contributed by atoms with Crippen molar-refractivity contribution in [3.63, 3.8) is 0 Å². The number of benzene rings is 1. The lowest BCUT2D eigenvalue weighted by Gasteiger charge is -2.31. The molecule has 200 valence electrons. The summed E-state index contributed by atoms with van der Waals surface area (Å²) in [5.74, 6) is -5.48. The van der Waals surface area contributed by atoms with Gasteiger partial charge in [0.1, 0.15) is 6.04 Å². The summed E-state index contributed by atoms with van der Waals surface area (Å²) in [6.45, 7) is 2.73. The molecule has 0 saturated heterocycles. The Bertz CT molecular complexity index is 822. The van der Waals surface area contributed by atoms with Crippen molar-refractivity contribution in [2.75, 3.05) is 6.54 Å². The molecule has 8 nitrogen and oxygen atoms in total. The Morgan fingerprint density at radius 3 is 1.89 bits per heavy atom. The summed E-state index contributed by atoms with van der Waals surface area (Å²) in [6.07, 6.45) is 9.74. The summed E-state index contributed by atoms with van der Waals surface area (Å²) in [5.41, 5.74) is 0.889. The predicted molar refractivity (Wildman–Crippen MR) is 137 cm³/mol. The van der Waals surface area contributed by atoms with Gasteiger partial charge in [-0.1, -0.05) is 82.2 Å². The van der Waals surface area contributed by atoms with Gasteiger partial charge in [-0.05, 0) is 31.2 Å². The maximum absolute atomic E-state index is 13.1. The van der Waals surface area contributed by atoms with E-state index in [2.05, 4.69) is 17.6 Å². The molecule has 0 heterocycles.